The fourth-order valence-electron chi connectivity index (χ4n) is 7.12. The van der Waals surface area contributed by atoms with Crippen molar-refractivity contribution in [2.45, 2.75) is 245 Å². The lowest BCUT2D eigenvalue weighted by Gasteiger charge is -2.22. The zero-order valence-corrected chi connectivity index (χ0v) is 30.3. The van der Waals surface area contributed by atoms with Gasteiger partial charge in [0.15, 0.2) is 0 Å². The van der Waals surface area contributed by atoms with Gasteiger partial charge in [-0.2, -0.15) is 0 Å². The molecular weight excluding hydrogens is 520 g/mol. The molecule has 1 heterocycles. The average Bonchev–Trinajstić information content (AvgIpc) is 3.51. The van der Waals surface area contributed by atoms with Gasteiger partial charge in [0.2, 0.25) is 0 Å². The highest BCUT2D eigenvalue weighted by molar-refractivity contribution is 5.02. The summed E-state index contributed by atoms with van der Waals surface area (Å²) < 4.78 is 2.55. The standard InChI is InChI=1S/C41H80N2/c1-5-8-10-12-14-16-18-20-21-23-24-26-28-30-32-35-39(4)43-38-37-42-41(43)40(34-7-3)36-33-31-29-27-25-22-19-17-15-13-11-9-6-2/h37-40H,5-36H2,1-4H3. The molecule has 0 saturated heterocycles. The third-order valence-corrected chi connectivity index (χ3v) is 10.1. The SMILES string of the molecule is CCCCCCCCCCCCCCCCCC(C)n1ccnc1C(CCC)CCCCCCCCCCCCCCC. The van der Waals surface area contributed by atoms with Crippen molar-refractivity contribution in [2.75, 3.05) is 0 Å². The summed E-state index contributed by atoms with van der Waals surface area (Å²) in [6.45, 7) is 9.40. The Bertz CT molecular complexity index is 664. The predicted octanol–water partition coefficient (Wildman–Crippen LogP) is 15.1. The maximum Gasteiger partial charge on any atom is 0.111 e. The van der Waals surface area contributed by atoms with Crippen LogP contribution in [0, 0.1) is 0 Å². The van der Waals surface area contributed by atoms with Crippen LogP contribution in [0.25, 0.3) is 0 Å². The van der Waals surface area contributed by atoms with Crippen molar-refractivity contribution >= 4 is 0 Å². The first-order chi connectivity index (χ1) is 21.2. The van der Waals surface area contributed by atoms with Gasteiger partial charge in [-0.15, -0.1) is 0 Å². The van der Waals surface area contributed by atoms with E-state index in [4.69, 9.17) is 4.98 Å². The first-order valence-electron chi connectivity index (χ1n) is 20.3. The Morgan fingerprint density at radius 3 is 1.16 bits per heavy atom. The maximum absolute atomic E-state index is 4.92. The van der Waals surface area contributed by atoms with Crippen LogP contribution in [0.3, 0.4) is 0 Å². The molecule has 2 unspecified atom stereocenters. The monoisotopic (exact) mass is 601 g/mol. The van der Waals surface area contributed by atoms with Crippen LogP contribution in [0.4, 0.5) is 0 Å². The van der Waals surface area contributed by atoms with E-state index in [0.717, 1.165) is 0 Å². The first-order valence-corrected chi connectivity index (χ1v) is 20.3. The number of imidazole rings is 1. The zero-order chi connectivity index (χ0) is 31.1. The molecular formula is C41H80N2. The third kappa shape index (κ3) is 23.2. The molecule has 2 nitrogen and oxygen atoms in total. The largest absolute Gasteiger partial charge is 0.332 e. The van der Waals surface area contributed by atoms with Crippen LogP contribution >= 0.6 is 0 Å². The molecule has 0 spiro atoms. The Labute approximate surface area is 272 Å². The van der Waals surface area contributed by atoms with Gasteiger partial charge in [-0.05, 0) is 26.2 Å². The minimum absolute atomic E-state index is 0.588. The molecule has 0 saturated carbocycles. The quantitative estimate of drug-likeness (QED) is 0.0719. The zero-order valence-electron chi connectivity index (χ0n) is 30.3. The second-order valence-electron chi connectivity index (χ2n) is 14.3. The van der Waals surface area contributed by atoms with E-state index >= 15 is 0 Å². The number of rotatable bonds is 34. The summed E-state index contributed by atoms with van der Waals surface area (Å²) in [7, 11) is 0. The minimum atomic E-state index is 0.588. The van der Waals surface area contributed by atoms with Crippen molar-refractivity contribution in [1.29, 1.82) is 0 Å². The smallest absolute Gasteiger partial charge is 0.111 e. The van der Waals surface area contributed by atoms with Crippen molar-refractivity contribution in [1.82, 2.24) is 9.55 Å². The lowest BCUT2D eigenvalue weighted by molar-refractivity contribution is 0.419. The Balaban J connectivity index is 2.10. The van der Waals surface area contributed by atoms with Crippen molar-refractivity contribution in [3.63, 3.8) is 0 Å². The van der Waals surface area contributed by atoms with Gasteiger partial charge in [0.25, 0.3) is 0 Å². The summed E-state index contributed by atoms with van der Waals surface area (Å²) >= 11 is 0. The van der Waals surface area contributed by atoms with Crippen LogP contribution in [0.2, 0.25) is 0 Å². The van der Waals surface area contributed by atoms with Gasteiger partial charge >= 0.3 is 0 Å². The van der Waals surface area contributed by atoms with Crippen LogP contribution in [0.15, 0.2) is 12.4 Å². The van der Waals surface area contributed by atoms with Gasteiger partial charge in [-0.3, -0.25) is 0 Å². The molecule has 0 N–H and O–H groups in total. The second kappa shape index (κ2) is 31.2. The third-order valence-electron chi connectivity index (χ3n) is 10.1. The molecule has 1 rings (SSSR count). The number of hydrogen-bond donors (Lipinski definition) is 0. The van der Waals surface area contributed by atoms with E-state index in [1.807, 2.05) is 0 Å². The van der Waals surface area contributed by atoms with E-state index in [1.165, 1.54) is 211 Å². The first kappa shape index (κ1) is 40.2. The van der Waals surface area contributed by atoms with Gasteiger partial charge in [-0.25, -0.2) is 4.98 Å². The van der Waals surface area contributed by atoms with E-state index in [9.17, 15) is 0 Å². The molecule has 0 aliphatic heterocycles. The average molecular weight is 601 g/mol. The molecule has 254 valence electrons. The van der Waals surface area contributed by atoms with Crippen LogP contribution in [-0.2, 0) is 0 Å². The minimum Gasteiger partial charge on any atom is -0.332 e. The summed E-state index contributed by atoms with van der Waals surface area (Å²) in [4.78, 5) is 4.92. The van der Waals surface area contributed by atoms with Crippen molar-refractivity contribution in [3.05, 3.63) is 18.2 Å². The molecule has 0 amide bonds. The van der Waals surface area contributed by atoms with E-state index in [-0.39, 0.29) is 0 Å². The summed E-state index contributed by atoms with van der Waals surface area (Å²) in [5, 5.41) is 0. The second-order valence-corrected chi connectivity index (χ2v) is 14.3. The molecule has 1 aromatic rings. The van der Waals surface area contributed by atoms with Crippen LogP contribution in [0.5, 0.6) is 0 Å². The summed E-state index contributed by atoms with van der Waals surface area (Å²) in [5.41, 5.74) is 0. The van der Waals surface area contributed by atoms with Crippen LogP contribution in [0.1, 0.15) is 251 Å². The van der Waals surface area contributed by atoms with Crippen molar-refractivity contribution < 1.29 is 0 Å². The van der Waals surface area contributed by atoms with E-state index in [2.05, 4.69) is 44.7 Å². The lowest BCUT2D eigenvalue weighted by atomic mass is 9.94. The molecule has 0 radical (unpaired) electrons. The summed E-state index contributed by atoms with van der Waals surface area (Å²) in [5.74, 6) is 2.03. The van der Waals surface area contributed by atoms with Gasteiger partial charge in [0.05, 0.1) is 0 Å². The van der Waals surface area contributed by atoms with Gasteiger partial charge < -0.3 is 4.57 Å². The highest BCUT2D eigenvalue weighted by Gasteiger charge is 2.18. The number of nitrogens with zero attached hydrogens (tertiary/aromatic N) is 2. The van der Waals surface area contributed by atoms with Crippen LogP contribution < -0.4 is 0 Å². The number of unbranched alkanes of at least 4 members (excludes halogenated alkanes) is 26. The van der Waals surface area contributed by atoms with E-state index < -0.39 is 0 Å². The Morgan fingerprint density at radius 1 is 0.442 bits per heavy atom. The summed E-state index contributed by atoms with van der Waals surface area (Å²) in [6.07, 6.45) is 49.8. The molecule has 0 bridgehead atoms. The maximum atomic E-state index is 4.92. The Morgan fingerprint density at radius 2 is 0.791 bits per heavy atom. The van der Waals surface area contributed by atoms with E-state index in [0.29, 0.717) is 12.0 Å². The van der Waals surface area contributed by atoms with Crippen LogP contribution in [-0.4, -0.2) is 9.55 Å². The predicted molar refractivity (Wildman–Crippen MR) is 194 cm³/mol. The Hall–Kier alpha value is -0.790. The topological polar surface area (TPSA) is 17.8 Å². The molecule has 0 aromatic carbocycles. The highest BCUT2D eigenvalue weighted by Crippen LogP contribution is 2.30. The molecule has 0 fully saturated rings. The summed E-state index contributed by atoms with van der Waals surface area (Å²) in [6, 6.07) is 0.588. The fourth-order valence-corrected chi connectivity index (χ4v) is 7.12. The van der Waals surface area contributed by atoms with Crippen molar-refractivity contribution in [3.8, 4) is 0 Å². The lowest BCUT2D eigenvalue weighted by Crippen LogP contribution is -2.13. The Kier molecular flexibility index (Phi) is 29.2. The molecule has 0 aliphatic carbocycles. The number of hydrogen-bond acceptors (Lipinski definition) is 1. The van der Waals surface area contributed by atoms with Gasteiger partial charge in [-0.1, -0.05) is 207 Å². The van der Waals surface area contributed by atoms with E-state index in [1.54, 1.807) is 0 Å². The highest BCUT2D eigenvalue weighted by atomic mass is 15.1. The van der Waals surface area contributed by atoms with Gasteiger partial charge in [0, 0.05) is 24.4 Å². The molecule has 43 heavy (non-hydrogen) atoms. The normalized spacial score (nSPS) is 13.1. The van der Waals surface area contributed by atoms with Gasteiger partial charge in [0.1, 0.15) is 5.82 Å². The molecule has 0 aliphatic rings. The molecule has 2 heteroatoms. The number of aromatic nitrogens is 2. The fraction of sp³-hybridized carbons (Fsp3) is 0.927. The van der Waals surface area contributed by atoms with Crippen molar-refractivity contribution in [2.24, 2.45) is 0 Å². The molecule has 2 atom stereocenters. The molecule has 1 aromatic heterocycles.